The van der Waals surface area contributed by atoms with E-state index in [1.54, 1.807) is 29.2 Å². The van der Waals surface area contributed by atoms with Gasteiger partial charge in [-0.1, -0.05) is 12.1 Å². The number of rotatable bonds is 4. The number of imide groups is 1. The Bertz CT molecular complexity index is 1040. The fourth-order valence-corrected chi connectivity index (χ4v) is 4.56. The monoisotopic (exact) mass is 434 g/mol. The van der Waals surface area contributed by atoms with E-state index in [4.69, 9.17) is 4.98 Å². The van der Waals surface area contributed by atoms with Crippen molar-refractivity contribution in [2.45, 2.75) is 19.8 Å². The lowest BCUT2D eigenvalue weighted by Crippen LogP contribution is -2.52. The van der Waals surface area contributed by atoms with Gasteiger partial charge in [-0.25, -0.2) is 4.98 Å². The molecule has 2 aromatic rings. The van der Waals surface area contributed by atoms with Crippen molar-refractivity contribution in [3.8, 4) is 0 Å². The molecule has 9 nitrogen and oxygen atoms in total. The van der Waals surface area contributed by atoms with Crippen LogP contribution in [0.3, 0.4) is 0 Å². The molecule has 0 saturated carbocycles. The number of aryl methyl sites for hydroxylation is 1. The predicted molar refractivity (Wildman–Crippen MR) is 119 cm³/mol. The minimum Gasteiger partial charge on any atom is -0.356 e. The van der Waals surface area contributed by atoms with Gasteiger partial charge in [0.25, 0.3) is 11.8 Å². The first-order valence-corrected chi connectivity index (χ1v) is 11.1. The van der Waals surface area contributed by atoms with Gasteiger partial charge in [0.05, 0.1) is 11.1 Å². The fraction of sp³-hybridized carbons (Fsp3) is 0.435. The zero-order chi connectivity index (χ0) is 22.2. The molecule has 0 spiro atoms. The molecule has 3 amide bonds. The van der Waals surface area contributed by atoms with Crippen LogP contribution < -0.4 is 9.80 Å². The summed E-state index contributed by atoms with van der Waals surface area (Å²) in [4.78, 5) is 54.5. The second-order valence-electron chi connectivity index (χ2n) is 8.47. The molecule has 0 unspecified atom stereocenters. The maximum Gasteiger partial charge on any atom is 0.262 e. The van der Waals surface area contributed by atoms with Crippen molar-refractivity contribution < 1.29 is 14.4 Å². The van der Waals surface area contributed by atoms with Crippen molar-refractivity contribution in [1.29, 1.82) is 0 Å². The van der Waals surface area contributed by atoms with Crippen LogP contribution in [-0.2, 0) is 4.79 Å². The molecule has 0 N–H and O–H groups in total. The number of piperazine rings is 1. The minimum absolute atomic E-state index is 0.220. The summed E-state index contributed by atoms with van der Waals surface area (Å²) in [6.45, 7) is 6.01. The van der Waals surface area contributed by atoms with Crippen LogP contribution in [0.25, 0.3) is 0 Å². The largest absolute Gasteiger partial charge is 0.356 e. The maximum absolute atomic E-state index is 12.8. The number of benzene rings is 1. The molecule has 1 aromatic carbocycles. The molecule has 32 heavy (non-hydrogen) atoms. The molecule has 166 valence electrons. The number of nitrogens with zero attached hydrogens (tertiary/aromatic N) is 6. The number of aromatic nitrogens is 2. The third kappa shape index (κ3) is 3.68. The number of anilines is 2. The van der Waals surface area contributed by atoms with E-state index in [-0.39, 0.29) is 12.5 Å². The summed E-state index contributed by atoms with van der Waals surface area (Å²) in [5.41, 5.74) is 1.65. The summed E-state index contributed by atoms with van der Waals surface area (Å²) in [6.07, 6.45) is 2.37. The van der Waals surface area contributed by atoms with E-state index in [1.165, 1.54) is 12.8 Å². The fourth-order valence-electron chi connectivity index (χ4n) is 4.56. The molecule has 2 saturated heterocycles. The van der Waals surface area contributed by atoms with Crippen LogP contribution in [0.5, 0.6) is 0 Å². The lowest BCUT2D eigenvalue weighted by atomic mass is 10.1. The first kappa shape index (κ1) is 20.4. The Balaban J connectivity index is 1.21. The molecule has 2 fully saturated rings. The molecule has 0 radical (unpaired) electrons. The van der Waals surface area contributed by atoms with Crippen molar-refractivity contribution in [1.82, 2.24) is 19.8 Å². The first-order chi connectivity index (χ1) is 15.5. The highest BCUT2D eigenvalue weighted by Crippen LogP contribution is 2.24. The smallest absolute Gasteiger partial charge is 0.262 e. The summed E-state index contributed by atoms with van der Waals surface area (Å²) in [5, 5.41) is 0. The molecular weight excluding hydrogens is 408 g/mol. The Hall–Kier alpha value is -3.49. The van der Waals surface area contributed by atoms with Crippen LogP contribution >= 0.6 is 0 Å². The van der Waals surface area contributed by atoms with Crippen LogP contribution in [0.4, 0.5) is 11.8 Å². The zero-order valence-corrected chi connectivity index (χ0v) is 18.2. The van der Waals surface area contributed by atoms with Gasteiger partial charge in [0, 0.05) is 51.0 Å². The third-order valence-corrected chi connectivity index (χ3v) is 6.35. The summed E-state index contributed by atoms with van der Waals surface area (Å²) in [7, 11) is 0. The number of amides is 3. The summed E-state index contributed by atoms with van der Waals surface area (Å²) in [5.74, 6) is 0.635. The molecule has 0 aliphatic carbocycles. The molecule has 9 heteroatoms. The van der Waals surface area contributed by atoms with Gasteiger partial charge >= 0.3 is 0 Å². The van der Waals surface area contributed by atoms with E-state index in [0.29, 0.717) is 43.3 Å². The number of hydrogen-bond donors (Lipinski definition) is 0. The zero-order valence-electron chi connectivity index (χ0n) is 18.2. The van der Waals surface area contributed by atoms with E-state index in [0.717, 1.165) is 29.5 Å². The number of carbonyl (C=O) groups excluding carboxylic acids is 3. The molecule has 0 atom stereocenters. The standard InChI is InChI=1S/C23H26N6O3/c1-16-14-19(26-8-4-5-9-26)25-23(24-16)28-12-10-27(11-13-28)20(30)15-29-21(31)17-6-2-3-7-18(17)22(29)32/h2-3,6-7,14H,4-5,8-13,15H2,1H3. The normalized spacial score (nSPS) is 18.5. The van der Waals surface area contributed by atoms with Gasteiger partial charge in [0.1, 0.15) is 12.4 Å². The van der Waals surface area contributed by atoms with E-state index in [9.17, 15) is 14.4 Å². The molecule has 3 aliphatic heterocycles. The van der Waals surface area contributed by atoms with Crippen LogP contribution in [-0.4, -0.2) is 83.3 Å². The average Bonchev–Trinajstić information content (AvgIpc) is 3.43. The van der Waals surface area contributed by atoms with Gasteiger partial charge in [-0.2, -0.15) is 4.98 Å². The highest BCUT2D eigenvalue weighted by Gasteiger charge is 2.37. The van der Waals surface area contributed by atoms with E-state index >= 15 is 0 Å². The van der Waals surface area contributed by atoms with Gasteiger partial charge in [-0.05, 0) is 31.9 Å². The Morgan fingerprint density at radius 3 is 2.12 bits per heavy atom. The van der Waals surface area contributed by atoms with Crippen molar-refractivity contribution in [2.75, 3.05) is 55.6 Å². The van der Waals surface area contributed by atoms with E-state index < -0.39 is 11.8 Å². The number of fused-ring (bicyclic) bond motifs is 1. The Kier molecular flexibility index (Phi) is 5.24. The summed E-state index contributed by atoms with van der Waals surface area (Å²) < 4.78 is 0. The Morgan fingerprint density at radius 1 is 0.875 bits per heavy atom. The molecule has 4 heterocycles. The molecular formula is C23H26N6O3. The van der Waals surface area contributed by atoms with Crippen molar-refractivity contribution in [2.24, 2.45) is 0 Å². The molecule has 0 bridgehead atoms. The van der Waals surface area contributed by atoms with Gasteiger partial charge in [-0.15, -0.1) is 0 Å². The predicted octanol–water partition coefficient (Wildman–Crippen LogP) is 1.33. The van der Waals surface area contributed by atoms with Gasteiger partial charge in [-0.3, -0.25) is 19.3 Å². The average molecular weight is 435 g/mol. The maximum atomic E-state index is 12.8. The van der Waals surface area contributed by atoms with Crippen LogP contribution in [0.1, 0.15) is 39.3 Å². The van der Waals surface area contributed by atoms with E-state index in [2.05, 4.69) is 14.8 Å². The topological polar surface area (TPSA) is 90.0 Å². The van der Waals surface area contributed by atoms with Crippen molar-refractivity contribution in [3.05, 3.63) is 47.2 Å². The van der Waals surface area contributed by atoms with Gasteiger partial charge in [0.2, 0.25) is 11.9 Å². The van der Waals surface area contributed by atoms with E-state index in [1.807, 2.05) is 13.0 Å². The van der Waals surface area contributed by atoms with Gasteiger partial charge in [0.15, 0.2) is 0 Å². The van der Waals surface area contributed by atoms with Crippen molar-refractivity contribution >= 4 is 29.5 Å². The Labute approximate surface area is 186 Å². The van der Waals surface area contributed by atoms with Crippen molar-refractivity contribution in [3.63, 3.8) is 0 Å². The lowest BCUT2D eigenvalue weighted by Gasteiger charge is -2.35. The second kappa shape index (κ2) is 8.22. The van der Waals surface area contributed by atoms with Crippen LogP contribution in [0, 0.1) is 6.92 Å². The molecule has 3 aliphatic rings. The number of hydrogen-bond acceptors (Lipinski definition) is 7. The highest BCUT2D eigenvalue weighted by atomic mass is 16.2. The second-order valence-corrected chi connectivity index (χ2v) is 8.47. The number of carbonyl (C=O) groups is 3. The SMILES string of the molecule is Cc1cc(N2CCCC2)nc(N2CCN(C(=O)CN3C(=O)c4ccccc4C3=O)CC2)n1. The molecule has 5 rings (SSSR count). The quantitative estimate of drug-likeness (QED) is 0.671. The highest BCUT2D eigenvalue weighted by molar-refractivity contribution is 6.22. The summed E-state index contributed by atoms with van der Waals surface area (Å²) >= 11 is 0. The van der Waals surface area contributed by atoms with Crippen LogP contribution in [0.2, 0.25) is 0 Å². The first-order valence-electron chi connectivity index (χ1n) is 11.1. The van der Waals surface area contributed by atoms with Crippen LogP contribution in [0.15, 0.2) is 30.3 Å². The summed E-state index contributed by atoms with van der Waals surface area (Å²) in [6, 6.07) is 8.71. The molecule has 1 aromatic heterocycles. The third-order valence-electron chi connectivity index (χ3n) is 6.35. The van der Waals surface area contributed by atoms with Gasteiger partial charge < -0.3 is 14.7 Å². The minimum atomic E-state index is -0.403. The Morgan fingerprint density at radius 2 is 1.50 bits per heavy atom. The lowest BCUT2D eigenvalue weighted by molar-refractivity contribution is -0.131.